The second-order valence-electron chi connectivity index (χ2n) is 15.2. The molecule has 2 aliphatic carbocycles. The van der Waals surface area contributed by atoms with E-state index < -0.39 is 0 Å². The van der Waals surface area contributed by atoms with Crippen molar-refractivity contribution in [3.05, 3.63) is 137 Å². The van der Waals surface area contributed by atoms with Gasteiger partial charge in [0.25, 0.3) is 0 Å². The van der Waals surface area contributed by atoms with Gasteiger partial charge in [0.1, 0.15) is 47.1 Å². The van der Waals surface area contributed by atoms with Crippen LogP contribution in [-0.4, -0.2) is 37.6 Å². The smallest absolute Gasteiger partial charge is 0.143 e. The summed E-state index contributed by atoms with van der Waals surface area (Å²) >= 11 is 0. The molecule has 6 aromatic carbocycles. The van der Waals surface area contributed by atoms with Crippen molar-refractivity contribution in [1.82, 2.24) is 0 Å². The van der Waals surface area contributed by atoms with Gasteiger partial charge in [0.2, 0.25) is 0 Å². The van der Waals surface area contributed by atoms with Crippen molar-refractivity contribution >= 4 is 61.2 Å². The summed E-state index contributed by atoms with van der Waals surface area (Å²) in [5.74, 6) is 2.37. The molecule has 2 aliphatic rings. The van der Waals surface area contributed by atoms with Crippen molar-refractivity contribution < 1.29 is 28.2 Å². The number of para-hydroxylation sites is 2. The number of allylic oxidation sites excluding steroid dienone is 1. The molecule has 0 unspecified atom stereocenters. The Kier molecular flexibility index (Phi) is 9.16. The van der Waals surface area contributed by atoms with Crippen LogP contribution in [0.25, 0.3) is 83.5 Å². The van der Waals surface area contributed by atoms with Gasteiger partial charge >= 0.3 is 0 Å². The van der Waals surface area contributed by atoms with Gasteiger partial charge in [0.05, 0.1) is 19.3 Å². The SMILES string of the molecule is CC(C)OCCOc1ccc2cc(C3=CCCc4c3oc3ccccc43)ccc2c1-c1c(OCCO)ccc2cc(-c3cccc4c5c(oc34)=CCCC=5)ccc12. The average Bonchev–Trinajstić information content (AvgIpc) is 3.82. The van der Waals surface area contributed by atoms with Crippen LogP contribution in [0.15, 0.2) is 118 Å². The third kappa shape index (κ3) is 6.30. The molecular formula is C51H44O6. The minimum atomic E-state index is -0.101. The molecule has 0 bridgehead atoms. The lowest BCUT2D eigenvalue weighted by atomic mass is 9.88. The van der Waals surface area contributed by atoms with Crippen molar-refractivity contribution in [1.29, 1.82) is 0 Å². The van der Waals surface area contributed by atoms with Crippen LogP contribution < -0.4 is 20.1 Å². The number of aryl methyl sites for hydroxylation is 1. The topological polar surface area (TPSA) is 74.2 Å². The van der Waals surface area contributed by atoms with Crippen LogP contribution in [-0.2, 0) is 11.2 Å². The molecule has 0 spiro atoms. The Bertz CT molecular complexity index is 3000. The van der Waals surface area contributed by atoms with Gasteiger partial charge in [-0.1, -0.05) is 84.9 Å². The average molecular weight is 753 g/mol. The molecule has 0 amide bonds. The highest BCUT2D eigenvalue weighted by molar-refractivity contribution is 6.11. The van der Waals surface area contributed by atoms with Gasteiger partial charge in [-0.2, -0.15) is 0 Å². The summed E-state index contributed by atoms with van der Waals surface area (Å²) in [4.78, 5) is 0. The van der Waals surface area contributed by atoms with Gasteiger partial charge in [-0.05, 0) is 109 Å². The van der Waals surface area contributed by atoms with E-state index in [-0.39, 0.29) is 19.3 Å². The molecular weight excluding hydrogens is 709 g/mol. The fourth-order valence-electron chi connectivity index (χ4n) is 8.76. The lowest BCUT2D eigenvalue weighted by Gasteiger charge is -2.21. The molecule has 2 heterocycles. The number of hydrogen-bond acceptors (Lipinski definition) is 6. The number of benzene rings is 6. The van der Waals surface area contributed by atoms with Crippen molar-refractivity contribution in [2.45, 2.75) is 45.6 Å². The van der Waals surface area contributed by atoms with Gasteiger partial charge in [0.15, 0.2) is 0 Å². The van der Waals surface area contributed by atoms with E-state index in [2.05, 4.69) is 109 Å². The van der Waals surface area contributed by atoms with E-state index in [0.717, 1.165) is 114 Å². The standard InChI is InChI=1S/C51H44O6/c1-31(2)53-27-28-55-47-24-20-33-30-35(39-12-8-14-43-41-10-4-6-16-45(41)57-51(39)43)18-22-37(33)49(47)48-36-21-17-34(29-32(36)19-23-46(48)54-26-25-52)38-11-7-13-42-40-9-3-5-15-44(40)56-50(38)42/h4,6-7,9-13,15-24,29-31,52H,3,5,8,14,25-28H2,1-2H3. The molecule has 284 valence electrons. The summed E-state index contributed by atoms with van der Waals surface area (Å²) in [6, 6.07) is 36.3. The van der Waals surface area contributed by atoms with Crippen LogP contribution in [0.2, 0.25) is 0 Å². The Labute approximate surface area is 330 Å². The number of aliphatic hydroxyl groups excluding tert-OH is 1. The predicted molar refractivity (Wildman–Crippen MR) is 230 cm³/mol. The molecule has 57 heavy (non-hydrogen) atoms. The predicted octanol–water partition coefficient (Wildman–Crippen LogP) is 10.7. The van der Waals surface area contributed by atoms with Crippen molar-refractivity contribution in [2.75, 3.05) is 26.4 Å². The van der Waals surface area contributed by atoms with E-state index in [1.165, 1.54) is 16.2 Å². The minimum absolute atomic E-state index is 0.101. The first kappa shape index (κ1) is 35.3. The van der Waals surface area contributed by atoms with E-state index in [9.17, 15) is 5.11 Å². The van der Waals surface area contributed by atoms with Crippen LogP contribution in [0, 0.1) is 0 Å². The molecule has 8 aromatic rings. The van der Waals surface area contributed by atoms with Crippen molar-refractivity contribution in [2.24, 2.45) is 0 Å². The van der Waals surface area contributed by atoms with Crippen LogP contribution in [0.4, 0.5) is 0 Å². The zero-order valence-corrected chi connectivity index (χ0v) is 32.3. The van der Waals surface area contributed by atoms with Crippen LogP contribution in [0.5, 0.6) is 11.5 Å². The Morgan fingerprint density at radius 2 is 1.35 bits per heavy atom. The molecule has 0 saturated heterocycles. The largest absolute Gasteiger partial charge is 0.491 e. The molecule has 1 N–H and O–H groups in total. The van der Waals surface area contributed by atoms with Gasteiger partial charge in [0, 0.05) is 43.8 Å². The summed E-state index contributed by atoms with van der Waals surface area (Å²) in [7, 11) is 0. The highest BCUT2D eigenvalue weighted by Gasteiger charge is 2.24. The van der Waals surface area contributed by atoms with Gasteiger partial charge in [-0.3, -0.25) is 0 Å². The third-order valence-corrected chi connectivity index (χ3v) is 11.3. The number of aliphatic hydroxyl groups is 1. The fraction of sp³-hybridized carbons (Fsp3) is 0.216. The second kappa shape index (κ2) is 14.8. The van der Waals surface area contributed by atoms with Gasteiger partial charge in [-0.15, -0.1) is 0 Å². The maximum Gasteiger partial charge on any atom is 0.143 e. The Morgan fingerprint density at radius 1 is 0.632 bits per heavy atom. The zero-order valence-electron chi connectivity index (χ0n) is 32.3. The fourth-order valence-corrected chi connectivity index (χ4v) is 8.76. The first-order valence-corrected chi connectivity index (χ1v) is 20.1. The van der Waals surface area contributed by atoms with E-state index in [1.54, 1.807) is 0 Å². The maximum absolute atomic E-state index is 9.91. The zero-order chi connectivity index (χ0) is 38.5. The highest BCUT2D eigenvalue weighted by Crippen LogP contribution is 2.47. The summed E-state index contributed by atoms with van der Waals surface area (Å²) in [5, 5.41) is 17.6. The molecule has 10 rings (SSSR count). The molecule has 6 heteroatoms. The molecule has 0 fully saturated rings. The molecule has 0 atom stereocenters. The number of ether oxygens (including phenoxy) is 3. The minimum Gasteiger partial charge on any atom is -0.491 e. The quantitative estimate of drug-likeness (QED) is 0.133. The first-order valence-electron chi connectivity index (χ1n) is 20.1. The molecule has 0 saturated carbocycles. The number of rotatable bonds is 11. The lowest BCUT2D eigenvalue weighted by molar-refractivity contribution is 0.0554. The Balaban J connectivity index is 1.14. The number of hydrogen-bond donors (Lipinski definition) is 1. The monoisotopic (exact) mass is 752 g/mol. The first-order chi connectivity index (χ1) is 28.1. The van der Waals surface area contributed by atoms with E-state index in [4.69, 9.17) is 23.0 Å². The molecule has 2 aromatic heterocycles. The highest BCUT2D eigenvalue weighted by atomic mass is 16.5. The van der Waals surface area contributed by atoms with Crippen LogP contribution in [0.3, 0.4) is 0 Å². The third-order valence-electron chi connectivity index (χ3n) is 11.3. The summed E-state index contributed by atoms with van der Waals surface area (Å²) in [5.41, 5.74) is 10.3. The summed E-state index contributed by atoms with van der Waals surface area (Å²) in [6.07, 6.45) is 10.8. The number of fused-ring (bicyclic) bond motifs is 8. The van der Waals surface area contributed by atoms with Crippen LogP contribution in [0.1, 0.15) is 50.0 Å². The van der Waals surface area contributed by atoms with E-state index in [1.807, 2.05) is 26.0 Å². The Morgan fingerprint density at radius 3 is 2.14 bits per heavy atom. The summed E-state index contributed by atoms with van der Waals surface area (Å²) < 4.78 is 31.8. The number of furan rings is 2. The van der Waals surface area contributed by atoms with Crippen molar-refractivity contribution in [3.8, 4) is 33.8 Å². The van der Waals surface area contributed by atoms with Gasteiger partial charge < -0.3 is 28.2 Å². The van der Waals surface area contributed by atoms with E-state index in [0.29, 0.717) is 19.0 Å². The molecule has 0 radical (unpaired) electrons. The van der Waals surface area contributed by atoms with Crippen LogP contribution >= 0.6 is 0 Å². The second-order valence-corrected chi connectivity index (χ2v) is 15.2. The van der Waals surface area contributed by atoms with E-state index >= 15 is 0 Å². The lowest BCUT2D eigenvalue weighted by Crippen LogP contribution is -2.21. The normalized spacial score (nSPS) is 13.8. The maximum atomic E-state index is 9.91. The molecule has 6 nitrogen and oxygen atoms in total. The van der Waals surface area contributed by atoms with Gasteiger partial charge in [-0.25, -0.2) is 0 Å². The van der Waals surface area contributed by atoms with Crippen molar-refractivity contribution in [3.63, 3.8) is 0 Å². The molecule has 0 aliphatic heterocycles. The summed E-state index contributed by atoms with van der Waals surface area (Å²) in [6.45, 7) is 4.98. The Hall–Kier alpha value is -6.08.